The highest BCUT2D eigenvalue weighted by molar-refractivity contribution is 5.85. The Hall–Kier alpha value is -7.56. The standard InChI is InChI=1S/C30H28N2.C7H11N.C7H8.C6H7N.C5H8.C4H8.C2H6/c1-3-10-23(25-19-20-32-30-16-9-7-12-26(30)22(2)21-25)17-18-24-11-4-5-13-27(24)28-14-6-8-15-29(28)31;1-3-5-6-7(8)4-2;1-7-5-3-2-4-6-7;7-6-4-2-1-3-5-6;1-3-5-4-2;1-3-4-2;1-2/h3-18,21,32H,1-2,19-20,31H2;3-6H,1,8H2,2H3;2-6H,1H3;1-5H,7H2;3-5H,1H2,2H3;3H,1,4H2,2H3;1-2H3/b18-17-,23-10+,25-21+;6-5-,7-4+;;;5-4-;;. The molecule has 1 aliphatic rings. The van der Waals surface area contributed by atoms with Gasteiger partial charge in [-0.15, -0.1) is 6.58 Å². The van der Waals surface area contributed by atoms with Gasteiger partial charge in [0.05, 0.1) is 0 Å². The zero-order valence-electron chi connectivity index (χ0n) is 40.1. The predicted molar refractivity (Wildman–Crippen MR) is 296 cm³/mol. The van der Waals surface area contributed by atoms with Gasteiger partial charge in [-0.3, -0.25) is 0 Å². The molecule has 0 aliphatic carbocycles. The normalized spacial score (nSPS) is 12.3. The van der Waals surface area contributed by atoms with Crippen molar-refractivity contribution in [3.05, 3.63) is 273 Å². The second kappa shape index (κ2) is 38.1. The SMILES string of the molecule is C=C/C=C(\C=C/c1ccccc1-c1ccccc1N)C1=C/C(=C)c2ccccc2NCC\1.C=C/C=C\C.C=C/C=C\C(N)=C/C.C=CCC.CC.Cc1ccccc1.Nc1ccccc1. The highest BCUT2D eigenvalue weighted by Gasteiger charge is 2.12. The Morgan fingerprint density at radius 2 is 1.20 bits per heavy atom. The molecule has 5 aromatic carbocycles. The van der Waals surface area contributed by atoms with Gasteiger partial charge in [0, 0.05) is 40.4 Å². The fourth-order valence-electron chi connectivity index (χ4n) is 5.44. The van der Waals surface area contributed by atoms with E-state index in [2.05, 4.69) is 125 Å². The first-order valence-electron chi connectivity index (χ1n) is 22.2. The van der Waals surface area contributed by atoms with E-state index in [9.17, 15) is 0 Å². The second-order valence-corrected chi connectivity index (χ2v) is 13.7. The topological polar surface area (TPSA) is 90.1 Å². The fraction of sp³-hybridized carbons (Fsp3) is 0.148. The van der Waals surface area contributed by atoms with Crippen molar-refractivity contribution in [3.8, 4) is 11.1 Å². The van der Waals surface area contributed by atoms with Gasteiger partial charge in [0.1, 0.15) is 0 Å². The molecule has 0 saturated carbocycles. The third-order valence-electron chi connectivity index (χ3n) is 8.77. The number of rotatable bonds is 9. The van der Waals surface area contributed by atoms with Crippen molar-refractivity contribution in [1.29, 1.82) is 0 Å². The summed E-state index contributed by atoms with van der Waals surface area (Å²) >= 11 is 0. The molecule has 4 heteroatoms. The molecule has 6 rings (SSSR count). The lowest BCUT2D eigenvalue weighted by molar-refractivity contribution is 1.01. The number of aryl methyl sites for hydroxylation is 1. The van der Waals surface area contributed by atoms with Crippen LogP contribution in [0.25, 0.3) is 22.8 Å². The van der Waals surface area contributed by atoms with Crippen LogP contribution in [0.2, 0.25) is 0 Å². The van der Waals surface area contributed by atoms with Crippen LogP contribution in [0.3, 0.4) is 0 Å². The molecule has 0 spiro atoms. The number of fused-ring (bicyclic) bond motifs is 1. The summed E-state index contributed by atoms with van der Waals surface area (Å²) in [6.07, 6.45) is 27.0. The minimum atomic E-state index is 0.768. The summed E-state index contributed by atoms with van der Waals surface area (Å²) in [5.41, 5.74) is 29.6. The molecule has 0 aromatic heterocycles. The van der Waals surface area contributed by atoms with Crippen molar-refractivity contribution < 1.29 is 0 Å². The largest absolute Gasteiger partial charge is 0.399 e. The molecule has 0 fully saturated rings. The number of nitrogens with one attached hydrogen (secondary N) is 1. The third-order valence-corrected chi connectivity index (χ3v) is 8.77. The van der Waals surface area contributed by atoms with Crippen LogP contribution in [0.1, 0.15) is 64.2 Å². The lowest BCUT2D eigenvalue weighted by atomic mass is 9.93. The first-order chi connectivity index (χ1) is 31.6. The predicted octanol–water partition coefficient (Wildman–Crippen LogP) is 16.7. The lowest BCUT2D eigenvalue weighted by Gasteiger charge is -2.19. The first kappa shape index (κ1) is 57.4. The number of allylic oxidation sites excluding steroid dienone is 14. The van der Waals surface area contributed by atoms with Crippen LogP contribution >= 0.6 is 0 Å². The Balaban J connectivity index is 0.000000996. The zero-order valence-corrected chi connectivity index (χ0v) is 40.1. The van der Waals surface area contributed by atoms with Gasteiger partial charge in [-0.05, 0) is 91.8 Å². The molecule has 0 bridgehead atoms. The maximum Gasteiger partial charge on any atom is 0.0419 e. The Bertz CT molecular complexity index is 2250. The zero-order chi connectivity index (χ0) is 48.5. The average Bonchev–Trinajstić information content (AvgIpc) is 3.34. The molecule has 1 aliphatic heterocycles. The maximum absolute atomic E-state index is 6.25. The van der Waals surface area contributed by atoms with Crippen LogP contribution in [0, 0.1) is 6.92 Å². The summed E-state index contributed by atoms with van der Waals surface area (Å²) in [6, 6.07) is 44.4. The number of nitrogens with two attached hydrogens (primary N) is 3. The van der Waals surface area contributed by atoms with Crippen molar-refractivity contribution >= 4 is 28.7 Å². The smallest absolute Gasteiger partial charge is 0.0419 e. The van der Waals surface area contributed by atoms with Crippen molar-refractivity contribution in [2.45, 2.75) is 54.4 Å². The fourth-order valence-corrected chi connectivity index (χ4v) is 5.44. The Kier molecular flexibility index (Phi) is 33.7. The van der Waals surface area contributed by atoms with Crippen molar-refractivity contribution in [1.82, 2.24) is 0 Å². The van der Waals surface area contributed by atoms with Crippen molar-refractivity contribution in [2.75, 3.05) is 23.3 Å². The molecule has 7 N–H and O–H groups in total. The van der Waals surface area contributed by atoms with E-state index in [-0.39, 0.29) is 0 Å². The van der Waals surface area contributed by atoms with E-state index < -0.39 is 0 Å². The first-order valence-corrected chi connectivity index (χ1v) is 22.2. The molecule has 0 radical (unpaired) electrons. The number of nitrogen functional groups attached to an aromatic ring is 2. The van der Waals surface area contributed by atoms with E-state index >= 15 is 0 Å². The second-order valence-electron chi connectivity index (χ2n) is 13.7. The van der Waals surface area contributed by atoms with Gasteiger partial charge in [0.2, 0.25) is 0 Å². The maximum atomic E-state index is 6.25. The van der Waals surface area contributed by atoms with Crippen LogP contribution in [-0.4, -0.2) is 6.54 Å². The van der Waals surface area contributed by atoms with Crippen molar-refractivity contribution in [2.24, 2.45) is 5.73 Å². The Morgan fingerprint density at radius 3 is 1.68 bits per heavy atom. The molecule has 0 atom stereocenters. The van der Waals surface area contributed by atoms with Gasteiger partial charge in [-0.1, -0.05) is 235 Å². The average molecular weight is 865 g/mol. The molecular weight excluding hydrogens is 789 g/mol. The van der Waals surface area contributed by atoms with Gasteiger partial charge in [-0.2, -0.15) is 0 Å². The number of hydrogen-bond acceptors (Lipinski definition) is 4. The molecular formula is C61H76N4. The molecule has 0 amide bonds. The van der Waals surface area contributed by atoms with E-state index in [4.69, 9.17) is 17.2 Å². The molecule has 4 nitrogen and oxygen atoms in total. The number of para-hydroxylation sites is 3. The summed E-state index contributed by atoms with van der Waals surface area (Å²) in [5, 5.41) is 3.54. The van der Waals surface area contributed by atoms with Gasteiger partial charge < -0.3 is 22.5 Å². The van der Waals surface area contributed by atoms with Gasteiger partial charge >= 0.3 is 0 Å². The van der Waals surface area contributed by atoms with E-state index in [1.807, 2.05) is 143 Å². The molecule has 0 saturated heterocycles. The Labute approximate surface area is 394 Å². The summed E-state index contributed by atoms with van der Waals surface area (Å²) in [4.78, 5) is 0. The highest BCUT2D eigenvalue weighted by atomic mass is 14.9. The minimum absolute atomic E-state index is 0.768. The molecule has 65 heavy (non-hydrogen) atoms. The monoisotopic (exact) mass is 865 g/mol. The molecule has 5 aromatic rings. The van der Waals surface area contributed by atoms with E-state index in [1.165, 1.54) is 11.1 Å². The van der Waals surface area contributed by atoms with E-state index in [1.54, 1.807) is 24.3 Å². The van der Waals surface area contributed by atoms with Crippen LogP contribution in [0.15, 0.2) is 256 Å². The van der Waals surface area contributed by atoms with Gasteiger partial charge in [0.15, 0.2) is 0 Å². The van der Waals surface area contributed by atoms with Crippen LogP contribution in [0.5, 0.6) is 0 Å². The van der Waals surface area contributed by atoms with Crippen LogP contribution in [-0.2, 0) is 0 Å². The molecule has 0 unspecified atom stereocenters. The number of benzene rings is 5. The van der Waals surface area contributed by atoms with Gasteiger partial charge in [-0.25, -0.2) is 0 Å². The minimum Gasteiger partial charge on any atom is -0.399 e. The summed E-state index contributed by atoms with van der Waals surface area (Å²) < 4.78 is 0. The number of anilines is 3. The quantitative estimate of drug-likeness (QED) is 0.0675. The number of hydrogen-bond donors (Lipinski definition) is 4. The summed E-state index contributed by atoms with van der Waals surface area (Å²) in [5.74, 6) is 0. The van der Waals surface area contributed by atoms with Crippen LogP contribution < -0.4 is 22.5 Å². The highest BCUT2D eigenvalue weighted by Crippen LogP contribution is 2.32. The Morgan fingerprint density at radius 1 is 0.662 bits per heavy atom. The molecule has 1 heterocycles. The summed E-state index contributed by atoms with van der Waals surface area (Å²) in [6.45, 7) is 31.6. The van der Waals surface area contributed by atoms with E-state index in [0.717, 1.165) is 75.5 Å². The van der Waals surface area contributed by atoms with Crippen molar-refractivity contribution in [3.63, 3.8) is 0 Å². The molecule has 340 valence electrons. The van der Waals surface area contributed by atoms with E-state index in [0.29, 0.717) is 0 Å². The van der Waals surface area contributed by atoms with Gasteiger partial charge in [0.25, 0.3) is 0 Å². The summed E-state index contributed by atoms with van der Waals surface area (Å²) in [7, 11) is 0. The van der Waals surface area contributed by atoms with Crippen LogP contribution in [0.4, 0.5) is 17.1 Å². The lowest BCUT2D eigenvalue weighted by Crippen LogP contribution is -2.08. The third kappa shape index (κ3) is 25.9.